The van der Waals surface area contributed by atoms with E-state index in [4.69, 9.17) is 5.11 Å². The molecule has 80 valence electrons. The smallest absolute Gasteiger partial charge is 0.304 e. The third-order valence-electron chi connectivity index (χ3n) is 2.55. The number of aliphatic carboxylic acids is 1. The van der Waals surface area contributed by atoms with Gasteiger partial charge in [-0.25, -0.2) is 0 Å². The summed E-state index contributed by atoms with van der Waals surface area (Å²) in [6, 6.07) is 0. The van der Waals surface area contributed by atoms with Crippen molar-refractivity contribution in [2.75, 3.05) is 6.54 Å². The van der Waals surface area contributed by atoms with Gasteiger partial charge >= 0.3 is 5.97 Å². The van der Waals surface area contributed by atoms with Crippen LogP contribution >= 0.6 is 0 Å². The Morgan fingerprint density at radius 2 is 2.14 bits per heavy atom. The van der Waals surface area contributed by atoms with E-state index in [1.807, 2.05) is 20.8 Å². The zero-order chi connectivity index (χ0) is 10.9. The van der Waals surface area contributed by atoms with Crippen LogP contribution in [0.4, 0.5) is 0 Å². The number of carbonyl (C=O) groups is 2. The Morgan fingerprint density at radius 3 is 2.50 bits per heavy atom. The van der Waals surface area contributed by atoms with Gasteiger partial charge in [0.2, 0.25) is 5.91 Å². The Morgan fingerprint density at radius 1 is 1.57 bits per heavy atom. The molecule has 0 spiro atoms. The molecule has 1 amide bonds. The first-order chi connectivity index (χ1) is 6.32. The van der Waals surface area contributed by atoms with Crippen LogP contribution in [0.15, 0.2) is 0 Å². The molecule has 1 rings (SSSR count). The number of hydrogen-bond acceptors (Lipinski definition) is 2. The summed E-state index contributed by atoms with van der Waals surface area (Å²) >= 11 is 0. The highest BCUT2D eigenvalue weighted by Crippen LogP contribution is 2.27. The maximum atomic E-state index is 11.8. The Hall–Kier alpha value is -1.06. The van der Waals surface area contributed by atoms with Crippen LogP contribution in [0.2, 0.25) is 0 Å². The summed E-state index contributed by atoms with van der Waals surface area (Å²) in [6.07, 6.45) is 0.633. The standard InChI is InChI=1S/C10H17NO3/c1-10(2,3)11-5-4-7(9(11)14)6-8(12)13/h7H,4-6H2,1-3H3,(H,12,13). The van der Waals surface area contributed by atoms with Crippen LogP contribution in [-0.2, 0) is 9.59 Å². The van der Waals surface area contributed by atoms with Crippen LogP contribution in [0.1, 0.15) is 33.6 Å². The summed E-state index contributed by atoms with van der Waals surface area (Å²) in [6.45, 7) is 6.58. The van der Waals surface area contributed by atoms with Gasteiger partial charge in [0.25, 0.3) is 0 Å². The van der Waals surface area contributed by atoms with Crippen molar-refractivity contribution in [2.24, 2.45) is 5.92 Å². The summed E-state index contributed by atoms with van der Waals surface area (Å²) in [7, 11) is 0. The average Bonchev–Trinajstić information content (AvgIpc) is 2.30. The van der Waals surface area contributed by atoms with E-state index >= 15 is 0 Å². The van der Waals surface area contributed by atoms with Crippen molar-refractivity contribution in [3.05, 3.63) is 0 Å². The third kappa shape index (κ3) is 2.25. The lowest BCUT2D eigenvalue weighted by atomic mass is 10.0. The fraction of sp³-hybridized carbons (Fsp3) is 0.800. The van der Waals surface area contributed by atoms with Crippen molar-refractivity contribution in [3.8, 4) is 0 Å². The number of hydrogen-bond donors (Lipinski definition) is 1. The molecule has 4 heteroatoms. The van der Waals surface area contributed by atoms with Crippen LogP contribution in [-0.4, -0.2) is 34.0 Å². The van der Waals surface area contributed by atoms with Gasteiger partial charge < -0.3 is 10.0 Å². The van der Waals surface area contributed by atoms with Gasteiger partial charge in [0.15, 0.2) is 0 Å². The average molecular weight is 199 g/mol. The van der Waals surface area contributed by atoms with Gasteiger partial charge in [-0.05, 0) is 27.2 Å². The first-order valence-corrected chi connectivity index (χ1v) is 4.85. The van der Waals surface area contributed by atoms with Gasteiger partial charge in [-0.15, -0.1) is 0 Å². The molecule has 1 aliphatic rings. The van der Waals surface area contributed by atoms with Crippen molar-refractivity contribution >= 4 is 11.9 Å². The summed E-state index contributed by atoms with van der Waals surface area (Å²) in [4.78, 5) is 24.0. The lowest BCUT2D eigenvalue weighted by molar-refractivity contribution is -0.143. The molecule has 1 saturated heterocycles. The molecule has 0 bridgehead atoms. The highest BCUT2D eigenvalue weighted by Gasteiger charge is 2.38. The molecule has 1 N–H and O–H groups in total. The van der Waals surface area contributed by atoms with Crippen molar-refractivity contribution in [2.45, 2.75) is 39.2 Å². The van der Waals surface area contributed by atoms with Gasteiger partial charge in [-0.2, -0.15) is 0 Å². The highest BCUT2D eigenvalue weighted by molar-refractivity contribution is 5.85. The molecule has 1 aliphatic heterocycles. The molecule has 1 atom stereocenters. The number of carbonyl (C=O) groups excluding carboxylic acids is 1. The number of rotatable bonds is 2. The van der Waals surface area contributed by atoms with Crippen LogP contribution in [0.5, 0.6) is 0 Å². The SMILES string of the molecule is CC(C)(C)N1CCC(CC(=O)O)C1=O. The lowest BCUT2D eigenvalue weighted by Crippen LogP contribution is -2.43. The van der Waals surface area contributed by atoms with Crippen LogP contribution in [0, 0.1) is 5.92 Å². The fourth-order valence-electron chi connectivity index (χ4n) is 1.81. The largest absolute Gasteiger partial charge is 0.481 e. The van der Waals surface area contributed by atoms with E-state index in [-0.39, 0.29) is 23.8 Å². The molecule has 14 heavy (non-hydrogen) atoms. The monoisotopic (exact) mass is 199 g/mol. The zero-order valence-corrected chi connectivity index (χ0v) is 8.91. The summed E-state index contributed by atoms with van der Waals surface area (Å²) in [5.41, 5.74) is -0.190. The van der Waals surface area contributed by atoms with Crippen molar-refractivity contribution in [1.29, 1.82) is 0 Å². The van der Waals surface area contributed by atoms with E-state index in [1.165, 1.54) is 0 Å². The summed E-state index contributed by atoms with van der Waals surface area (Å²) in [5, 5.41) is 8.61. The first kappa shape index (κ1) is 11.0. The molecule has 0 aromatic heterocycles. The second-order valence-corrected chi connectivity index (χ2v) is 4.74. The minimum atomic E-state index is -0.890. The van der Waals surface area contributed by atoms with E-state index in [9.17, 15) is 9.59 Å². The van der Waals surface area contributed by atoms with E-state index in [1.54, 1.807) is 4.90 Å². The predicted molar refractivity (Wildman–Crippen MR) is 51.8 cm³/mol. The van der Waals surface area contributed by atoms with E-state index in [0.717, 1.165) is 0 Å². The van der Waals surface area contributed by atoms with Crippen LogP contribution < -0.4 is 0 Å². The van der Waals surface area contributed by atoms with Crippen molar-refractivity contribution < 1.29 is 14.7 Å². The number of carboxylic acid groups (broad SMARTS) is 1. The Labute approximate surface area is 83.9 Å². The Bertz CT molecular complexity index is 255. The van der Waals surface area contributed by atoms with Gasteiger partial charge in [0.1, 0.15) is 0 Å². The topological polar surface area (TPSA) is 57.6 Å². The fourth-order valence-corrected chi connectivity index (χ4v) is 1.81. The van der Waals surface area contributed by atoms with Gasteiger partial charge in [0, 0.05) is 12.1 Å². The van der Waals surface area contributed by atoms with Crippen LogP contribution in [0.25, 0.3) is 0 Å². The lowest BCUT2D eigenvalue weighted by Gasteiger charge is -2.32. The second kappa shape index (κ2) is 3.59. The Kier molecular flexibility index (Phi) is 2.83. The minimum absolute atomic E-state index is 0.0140. The quantitative estimate of drug-likeness (QED) is 0.724. The molecular weight excluding hydrogens is 182 g/mol. The molecule has 1 fully saturated rings. The second-order valence-electron chi connectivity index (χ2n) is 4.74. The molecule has 4 nitrogen and oxygen atoms in total. The number of carboxylic acids is 1. The molecule has 0 aliphatic carbocycles. The van der Waals surface area contributed by atoms with Crippen molar-refractivity contribution in [3.63, 3.8) is 0 Å². The number of likely N-dealkylation sites (tertiary alicyclic amines) is 1. The molecule has 1 heterocycles. The van der Waals surface area contributed by atoms with E-state index in [2.05, 4.69) is 0 Å². The predicted octanol–water partition coefficient (Wildman–Crippen LogP) is 1.11. The van der Waals surface area contributed by atoms with Crippen molar-refractivity contribution in [1.82, 2.24) is 4.90 Å². The first-order valence-electron chi connectivity index (χ1n) is 4.85. The molecule has 0 saturated carbocycles. The number of nitrogens with zero attached hydrogens (tertiary/aromatic N) is 1. The zero-order valence-electron chi connectivity index (χ0n) is 8.91. The normalized spacial score (nSPS) is 22.9. The third-order valence-corrected chi connectivity index (χ3v) is 2.55. The van der Waals surface area contributed by atoms with Crippen LogP contribution in [0.3, 0.4) is 0 Å². The summed E-state index contributed by atoms with van der Waals surface area (Å²) < 4.78 is 0. The maximum absolute atomic E-state index is 11.8. The Balaban J connectivity index is 2.65. The van der Waals surface area contributed by atoms with Gasteiger partial charge in [-0.3, -0.25) is 9.59 Å². The van der Waals surface area contributed by atoms with E-state index in [0.29, 0.717) is 13.0 Å². The molecule has 0 aromatic rings. The number of amides is 1. The maximum Gasteiger partial charge on any atom is 0.304 e. The molecular formula is C10H17NO3. The van der Waals surface area contributed by atoms with Gasteiger partial charge in [-0.1, -0.05) is 0 Å². The van der Waals surface area contributed by atoms with E-state index < -0.39 is 5.97 Å². The molecule has 0 radical (unpaired) electrons. The minimum Gasteiger partial charge on any atom is -0.481 e. The highest BCUT2D eigenvalue weighted by atomic mass is 16.4. The molecule has 1 unspecified atom stereocenters. The van der Waals surface area contributed by atoms with Gasteiger partial charge in [0.05, 0.1) is 12.3 Å². The summed E-state index contributed by atoms with van der Waals surface area (Å²) in [5.74, 6) is -1.22. The molecule has 0 aromatic carbocycles.